The highest BCUT2D eigenvalue weighted by Gasteiger charge is 2.26. The molecule has 0 unspecified atom stereocenters. The number of rotatable bonds is 3. The Bertz CT molecular complexity index is 1230. The van der Waals surface area contributed by atoms with Gasteiger partial charge in [0, 0.05) is 30.6 Å². The number of anilines is 1. The molecule has 0 atom stereocenters. The fourth-order valence-electron chi connectivity index (χ4n) is 3.65. The van der Waals surface area contributed by atoms with E-state index in [2.05, 4.69) is 20.6 Å². The number of benzene rings is 1. The summed E-state index contributed by atoms with van der Waals surface area (Å²) in [6, 6.07) is 7.19. The number of aryl methyl sites for hydroxylation is 1. The molecule has 5 rings (SSSR count). The number of hydrogen-bond acceptors (Lipinski definition) is 5. The van der Waals surface area contributed by atoms with Crippen molar-refractivity contribution in [1.29, 1.82) is 0 Å². The number of aromatic nitrogens is 6. The van der Waals surface area contributed by atoms with Crippen LogP contribution in [-0.2, 0) is 6.54 Å². The van der Waals surface area contributed by atoms with E-state index in [1.807, 2.05) is 30.7 Å². The number of nitrogens with one attached hydrogen (secondary N) is 1. The molecule has 0 amide bonds. The van der Waals surface area contributed by atoms with Crippen LogP contribution in [0.25, 0.3) is 28.2 Å². The molecular weight excluding hydrogens is 376 g/mol. The lowest BCUT2D eigenvalue weighted by molar-refractivity contribution is 0.566. The van der Waals surface area contributed by atoms with Crippen LogP contribution in [0.15, 0.2) is 30.3 Å². The molecule has 9 heteroatoms. The van der Waals surface area contributed by atoms with Gasteiger partial charge in [-0.25, -0.2) is 13.5 Å². The van der Waals surface area contributed by atoms with Gasteiger partial charge in [-0.15, -0.1) is 10.2 Å². The van der Waals surface area contributed by atoms with Crippen LogP contribution in [0.3, 0.4) is 0 Å². The van der Waals surface area contributed by atoms with E-state index in [-0.39, 0.29) is 11.5 Å². The lowest BCUT2D eigenvalue weighted by Crippen LogP contribution is -2.18. The normalized spacial score (nSPS) is 13.7. The molecule has 4 aromatic rings. The summed E-state index contributed by atoms with van der Waals surface area (Å²) in [7, 11) is 0. The van der Waals surface area contributed by atoms with E-state index in [4.69, 9.17) is 5.10 Å². The summed E-state index contributed by atoms with van der Waals surface area (Å²) in [6.45, 7) is 5.54. The smallest absolute Gasteiger partial charge is 0.177 e. The summed E-state index contributed by atoms with van der Waals surface area (Å²) in [6.07, 6.45) is 0.912. The monoisotopic (exact) mass is 395 g/mol. The second kappa shape index (κ2) is 6.61. The average molecular weight is 395 g/mol. The van der Waals surface area contributed by atoms with Crippen molar-refractivity contribution in [3.8, 4) is 22.5 Å². The maximum absolute atomic E-state index is 14.6. The predicted molar refractivity (Wildman–Crippen MR) is 105 cm³/mol. The van der Waals surface area contributed by atoms with Crippen molar-refractivity contribution in [1.82, 2.24) is 29.6 Å². The Hall–Kier alpha value is -3.36. The first-order valence-electron chi connectivity index (χ1n) is 9.56. The van der Waals surface area contributed by atoms with E-state index in [1.165, 1.54) is 12.1 Å². The molecule has 0 saturated heterocycles. The zero-order valence-corrected chi connectivity index (χ0v) is 16.0. The third-order valence-corrected chi connectivity index (χ3v) is 5.04. The van der Waals surface area contributed by atoms with Crippen molar-refractivity contribution >= 4 is 11.5 Å². The highest BCUT2D eigenvalue weighted by atomic mass is 19.1. The molecule has 7 nitrogen and oxygen atoms in total. The van der Waals surface area contributed by atoms with Crippen LogP contribution in [-0.4, -0.2) is 36.1 Å². The fraction of sp³-hybridized carbons (Fsp3) is 0.300. The lowest BCUT2D eigenvalue weighted by atomic mass is 10.0. The molecule has 0 fully saturated rings. The Morgan fingerprint density at radius 2 is 1.93 bits per heavy atom. The van der Waals surface area contributed by atoms with Crippen molar-refractivity contribution < 1.29 is 8.78 Å². The van der Waals surface area contributed by atoms with Gasteiger partial charge in [-0.05, 0) is 30.7 Å². The topological polar surface area (TPSA) is 72.9 Å². The van der Waals surface area contributed by atoms with Crippen molar-refractivity contribution in [2.45, 2.75) is 32.7 Å². The summed E-state index contributed by atoms with van der Waals surface area (Å²) in [4.78, 5) is 0. The molecular formula is C20H19F2N7. The lowest BCUT2D eigenvalue weighted by Gasteiger charge is -2.16. The Labute approximate surface area is 165 Å². The van der Waals surface area contributed by atoms with Gasteiger partial charge in [0.15, 0.2) is 11.5 Å². The molecule has 29 heavy (non-hydrogen) atoms. The van der Waals surface area contributed by atoms with E-state index in [0.29, 0.717) is 29.1 Å². The van der Waals surface area contributed by atoms with E-state index < -0.39 is 11.6 Å². The van der Waals surface area contributed by atoms with Crippen molar-refractivity contribution in [3.05, 3.63) is 47.8 Å². The standard InChI is InChI=1S/C20H19F2N7/c1-11(2)19-25-24-16-7-6-15(26-29(16)19)17-18(13-5-4-12(21)10-14(13)22)27-28-9-3-8-23-20(17)28/h4-7,10-11,23H,3,8-9H2,1-2H3. The maximum Gasteiger partial charge on any atom is 0.177 e. The first-order valence-corrected chi connectivity index (χ1v) is 9.56. The fourth-order valence-corrected chi connectivity index (χ4v) is 3.65. The minimum Gasteiger partial charge on any atom is -0.370 e. The van der Waals surface area contributed by atoms with Crippen molar-refractivity contribution in [2.24, 2.45) is 0 Å². The second-order valence-corrected chi connectivity index (χ2v) is 7.40. The largest absolute Gasteiger partial charge is 0.370 e. The minimum atomic E-state index is -0.657. The third-order valence-electron chi connectivity index (χ3n) is 5.04. The van der Waals surface area contributed by atoms with Crippen LogP contribution >= 0.6 is 0 Å². The Balaban J connectivity index is 1.77. The average Bonchev–Trinajstić information content (AvgIpc) is 3.28. The van der Waals surface area contributed by atoms with Gasteiger partial charge in [0.05, 0.1) is 11.3 Å². The van der Waals surface area contributed by atoms with Gasteiger partial charge >= 0.3 is 0 Å². The Kier molecular flexibility index (Phi) is 4.04. The Morgan fingerprint density at radius 1 is 1.07 bits per heavy atom. The zero-order chi connectivity index (χ0) is 20.1. The molecule has 0 aliphatic carbocycles. The van der Waals surface area contributed by atoms with E-state index in [1.54, 1.807) is 4.52 Å². The number of halogens is 2. The molecule has 1 aromatic carbocycles. The molecule has 1 N–H and O–H groups in total. The number of nitrogens with zero attached hydrogens (tertiary/aromatic N) is 6. The van der Waals surface area contributed by atoms with Gasteiger partial charge in [0.25, 0.3) is 0 Å². The van der Waals surface area contributed by atoms with E-state index in [0.717, 1.165) is 30.7 Å². The predicted octanol–water partition coefficient (Wildman–Crippen LogP) is 3.87. The first-order chi connectivity index (χ1) is 14.0. The van der Waals surface area contributed by atoms with Gasteiger partial charge in [-0.1, -0.05) is 13.8 Å². The molecule has 0 saturated carbocycles. The summed E-state index contributed by atoms with van der Waals surface area (Å²) in [5.41, 5.74) is 2.60. The van der Waals surface area contributed by atoms with Gasteiger partial charge in [-0.2, -0.15) is 14.7 Å². The van der Waals surface area contributed by atoms with Gasteiger partial charge in [-0.3, -0.25) is 0 Å². The second-order valence-electron chi connectivity index (χ2n) is 7.40. The highest BCUT2D eigenvalue weighted by molar-refractivity contribution is 5.88. The molecule has 1 aliphatic heterocycles. The van der Waals surface area contributed by atoms with Crippen molar-refractivity contribution in [3.63, 3.8) is 0 Å². The first kappa shape index (κ1) is 17.7. The summed E-state index contributed by atoms with van der Waals surface area (Å²) in [5, 5.41) is 21.1. The van der Waals surface area contributed by atoms with Crippen LogP contribution in [0.2, 0.25) is 0 Å². The van der Waals surface area contributed by atoms with Crippen molar-refractivity contribution in [2.75, 3.05) is 11.9 Å². The van der Waals surface area contributed by atoms with Crippen LogP contribution in [0.5, 0.6) is 0 Å². The van der Waals surface area contributed by atoms with Crippen LogP contribution in [0, 0.1) is 11.6 Å². The van der Waals surface area contributed by atoms with E-state index in [9.17, 15) is 8.78 Å². The quantitative estimate of drug-likeness (QED) is 0.570. The molecule has 0 radical (unpaired) electrons. The Morgan fingerprint density at radius 3 is 2.72 bits per heavy atom. The van der Waals surface area contributed by atoms with Crippen LogP contribution in [0.1, 0.15) is 32.0 Å². The highest BCUT2D eigenvalue weighted by Crippen LogP contribution is 2.39. The molecule has 148 valence electrons. The van der Waals surface area contributed by atoms with Crippen LogP contribution in [0.4, 0.5) is 14.6 Å². The molecule has 0 spiro atoms. The summed E-state index contributed by atoms with van der Waals surface area (Å²) >= 11 is 0. The molecule has 0 bridgehead atoms. The van der Waals surface area contributed by atoms with E-state index >= 15 is 0 Å². The van der Waals surface area contributed by atoms with Gasteiger partial charge in [0.2, 0.25) is 0 Å². The van der Waals surface area contributed by atoms with Gasteiger partial charge in [0.1, 0.15) is 23.1 Å². The number of hydrogen-bond donors (Lipinski definition) is 1. The maximum atomic E-state index is 14.6. The summed E-state index contributed by atoms with van der Waals surface area (Å²) < 4.78 is 31.6. The SMILES string of the molecule is CC(C)c1nnc2ccc(-c3c(-c4ccc(F)cc4F)nn4c3NCCC4)nn12. The molecule has 4 heterocycles. The summed E-state index contributed by atoms with van der Waals surface area (Å²) in [5.74, 6) is 0.378. The zero-order valence-electron chi connectivity index (χ0n) is 16.0. The van der Waals surface area contributed by atoms with Crippen LogP contribution < -0.4 is 5.32 Å². The molecule has 1 aliphatic rings. The third kappa shape index (κ3) is 2.84. The number of fused-ring (bicyclic) bond motifs is 2. The molecule has 3 aromatic heterocycles. The van der Waals surface area contributed by atoms with Gasteiger partial charge < -0.3 is 5.32 Å². The minimum absolute atomic E-state index is 0.140.